The zero-order valence-electron chi connectivity index (χ0n) is 17.0. The molecule has 0 spiro atoms. The first-order valence-corrected chi connectivity index (χ1v) is 9.84. The lowest BCUT2D eigenvalue weighted by molar-refractivity contribution is 0.0264. The molecule has 1 saturated heterocycles. The average Bonchev–Trinajstić information content (AvgIpc) is 3.31. The Morgan fingerprint density at radius 3 is 2.83 bits per heavy atom. The lowest BCUT2D eigenvalue weighted by atomic mass is 10.0. The molecule has 2 aromatic heterocycles. The molecule has 8 heteroatoms. The van der Waals surface area contributed by atoms with E-state index in [-0.39, 0.29) is 18.4 Å². The summed E-state index contributed by atoms with van der Waals surface area (Å²) < 4.78 is 0. The minimum atomic E-state index is -0.994. The molecule has 1 unspecified atom stereocenters. The van der Waals surface area contributed by atoms with Crippen LogP contribution in [0, 0.1) is 0 Å². The minimum absolute atomic E-state index is 0.129. The lowest BCUT2D eigenvalue weighted by Crippen LogP contribution is -2.46. The third-order valence-corrected chi connectivity index (χ3v) is 5.34. The Labute approximate surface area is 169 Å². The fraction of sp³-hybridized carbons (Fsp3) is 0.429. The lowest BCUT2D eigenvalue weighted by Gasteiger charge is -2.29. The van der Waals surface area contributed by atoms with Crippen LogP contribution in [0.3, 0.4) is 0 Å². The van der Waals surface area contributed by atoms with Gasteiger partial charge in [-0.2, -0.15) is 0 Å². The number of hydrogen-bond acceptors (Lipinski definition) is 6. The van der Waals surface area contributed by atoms with Crippen molar-refractivity contribution in [1.82, 2.24) is 24.8 Å². The van der Waals surface area contributed by atoms with Gasteiger partial charge in [0, 0.05) is 37.5 Å². The van der Waals surface area contributed by atoms with E-state index in [0.717, 1.165) is 16.9 Å². The van der Waals surface area contributed by atoms with E-state index >= 15 is 0 Å². The van der Waals surface area contributed by atoms with Crippen molar-refractivity contribution in [2.45, 2.75) is 31.8 Å². The van der Waals surface area contributed by atoms with E-state index in [1.165, 1.54) is 0 Å². The molecule has 1 fully saturated rings. The van der Waals surface area contributed by atoms with Crippen LogP contribution in [0.5, 0.6) is 0 Å². The summed E-state index contributed by atoms with van der Waals surface area (Å²) in [6.45, 7) is 5.44. The van der Waals surface area contributed by atoms with Crippen molar-refractivity contribution in [2.24, 2.45) is 0 Å². The smallest absolute Gasteiger partial charge is 0.253 e. The first-order chi connectivity index (χ1) is 13.8. The summed E-state index contributed by atoms with van der Waals surface area (Å²) in [6.07, 6.45) is 3.93. The van der Waals surface area contributed by atoms with Gasteiger partial charge in [-0.05, 0) is 30.7 Å². The van der Waals surface area contributed by atoms with Crippen molar-refractivity contribution in [3.63, 3.8) is 0 Å². The highest BCUT2D eigenvalue weighted by atomic mass is 16.3. The molecule has 0 radical (unpaired) electrons. The first-order valence-electron chi connectivity index (χ1n) is 9.84. The number of hydrogen-bond donors (Lipinski definition) is 2. The van der Waals surface area contributed by atoms with Gasteiger partial charge in [0.25, 0.3) is 5.91 Å². The molecule has 152 valence electrons. The van der Waals surface area contributed by atoms with Crippen LogP contribution < -0.4 is 4.90 Å². The molecule has 29 heavy (non-hydrogen) atoms. The number of fused-ring (bicyclic) bond motifs is 1. The number of likely N-dealkylation sites (N-methyl/N-ethyl adjacent to an activating group) is 1. The fourth-order valence-electron chi connectivity index (χ4n) is 3.78. The van der Waals surface area contributed by atoms with Crippen LogP contribution in [0.4, 0.5) is 5.95 Å². The Bertz CT molecular complexity index is 1020. The molecule has 3 heterocycles. The summed E-state index contributed by atoms with van der Waals surface area (Å²) in [4.78, 5) is 32.8. The molecule has 1 aliphatic heterocycles. The Kier molecular flexibility index (Phi) is 4.96. The first kappa shape index (κ1) is 19.3. The SMILES string of the molecule is CC(C)c1nc2ccc(C(=O)N(C)CC3(O)CCN(c4ncccn4)C3)cc2[nH]1. The van der Waals surface area contributed by atoms with E-state index in [1.54, 1.807) is 36.5 Å². The Morgan fingerprint density at radius 1 is 1.34 bits per heavy atom. The van der Waals surface area contributed by atoms with Gasteiger partial charge in [0.2, 0.25) is 5.95 Å². The van der Waals surface area contributed by atoms with Gasteiger partial charge in [-0.3, -0.25) is 4.79 Å². The molecule has 0 bridgehead atoms. The number of amides is 1. The molecule has 8 nitrogen and oxygen atoms in total. The van der Waals surface area contributed by atoms with Gasteiger partial charge >= 0.3 is 0 Å². The minimum Gasteiger partial charge on any atom is -0.386 e. The quantitative estimate of drug-likeness (QED) is 0.688. The third kappa shape index (κ3) is 3.93. The molecule has 0 saturated carbocycles. The zero-order chi connectivity index (χ0) is 20.6. The number of nitrogens with zero attached hydrogens (tertiary/aromatic N) is 5. The number of aliphatic hydroxyl groups is 1. The van der Waals surface area contributed by atoms with Crippen molar-refractivity contribution < 1.29 is 9.90 Å². The maximum absolute atomic E-state index is 13.0. The predicted molar refractivity (Wildman–Crippen MR) is 111 cm³/mol. The maximum Gasteiger partial charge on any atom is 0.253 e. The number of anilines is 1. The number of imidazole rings is 1. The highest BCUT2D eigenvalue weighted by Crippen LogP contribution is 2.26. The number of aromatic nitrogens is 4. The number of carbonyl (C=O) groups is 1. The maximum atomic E-state index is 13.0. The summed E-state index contributed by atoms with van der Waals surface area (Å²) in [7, 11) is 1.72. The molecule has 0 aliphatic carbocycles. The van der Waals surface area contributed by atoms with E-state index in [9.17, 15) is 9.90 Å². The zero-order valence-corrected chi connectivity index (χ0v) is 17.0. The Balaban J connectivity index is 1.46. The number of β-amino-alcohol motifs (C(OH)–C–C–N with tert-alkyl or cyclic N) is 1. The second-order valence-corrected chi connectivity index (χ2v) is 8.11. The molecule has 2 N–H and O–H groups in total. The van der Waals surface area contributed by atoms with Crippen LogP contribution in [0.15, 0.2) is 36.7 Å². The van der Waals surface area contributed by atoms with Crippen LogP contribution >= 0.6 is 0 Å². The van der Waals surface area contributed by atoms with Gasteiger partial charge in [-0.15, -0.1) is 0 Å². The summed E-state index contributed by atoms with van der Waals surface area (Å²) in [6, 6.07) is 7.24. The highest BCUT2D eigenvalue weighted by molar-refractivity contribution is 5.97. The van der Waals surface area contributed by atoms with Crippen LogP contribution in [-0.2, 0) is 0 Å². The fourth-order valence-corrected chi connectivity index (χ4v) is 3.78. The highest BCUT2D eigenvalue weighted by Gasteiger charge is 2.39. The van der Waals surface area contributed by atoms with Crippen LogP contribution in [0.2, 0.25) is 0 Å². The van der Waals surface area contributed by atoms with Gasteiger partial charge in [0.1, 0.15) is 11.4 Å². The predicted octanol–water partition coefficient (Wildman–Crippen LogP) is 2.19. The van der Waals surface area contributed by atoms with Crippen molar-refractivity contribution in [1.29, 1.82) is 0 Å². The molecule has 1 aromatic carbocycles. The monoisotopic (exact) mass is 394 g/mol. The Hall–Kier alpha value is -3.00. The normalized spacial score (nSPS) is 19.3. The van der Waals surface area contributed by atoms with Crippen molar-refractivity contribution >= 4 is 22.9 Å². The van der Waals surface area contributed by atoms with E-state index in [0.29, 0.717) is 31.0 Å². The van der Waals surface area contributed by atoms with Gasteiger partial charge in [-0.1, -0.05) is 13.8 Å². The van der Waals surface area contributed by atoms with E-state index < -0.39 is 5.60 Å². The van der Waals surface area contributed by atoms with Gasteiger partial charge in [0.05, 0.1) is 24.1 Å². The standard InChI is InChI=1S/C21H26N6O2/c1-14(2)18-24-16-6-5-15(11-17(16)25-18)19(28)26(3)12-21(29)7-10-27(13-21)20-22-8-4-9-23-20/h4-6,8-9,11,14,29H,7,10,12-13H2,1-3H3,(H,24,25). The molecule has 1 amide bonds. The number of nitrogens with one attached hydrogen (secondary N) is 1. The van der Waals surface area contributed by atoms with Crippen LogP contribution in [0.1, 0.15) is 42.4 Å². The summed E-state index contributed by atoms with van der Waals surface area (Å²) >= 11 is 0. The topological polar surface area (TPSA) is 98.2 Å². The molecule has 3 aromatic rings. The van der Waals surface area contributed by atoms with Gasteiger partial charge in [-0.25, -0.2) is 15.0 Å². The molecular formula is C21H26N6O2. The number of rotatable bonds is 5. The molecule has 1 aliphatic rings. The van der Waals surface area contributed by atoms with E-state index in [1.807, 2.05) is 17.0 Å². The second kappa shape index (κ2) is 7.44. The molecule has 4 rings (SSSR count). The van der Waals surface area contributed by atoms with Gasteiger partial charge in [0.15, 0.2) is 0 Å². The number of aromatic amines is 1. The van der Waals surface area contributed by atoms with E-state index in [4.69, 9.17) is 0 Å². The van der Waals surface area contributed by atoms with Crippen LogP contribution in [-0.4, -0.2) is 68.1 Å². The summed E-state index contributed by atoms with van der Waals surface area (Å²) in [5.74, 6) is 1.66. The Morgan fingerprint density at radius 2 is 2.10 bits per heavy atom. The average molecular weight is 394 g/mol. The molecular weight excluding hydrogens is 368 g/mol. The summed E-state index contributed by atoms with van der Waals surface area (Å²) in [5.41, 5.74) is 1.27. The number of benzene rings is 1. The van der Waals surface area contributed by atoms with Crippen molar-refractivity contribution in [3.05, 3.63) is 48.0 Å². The van der Waals surface area contributed by atoms with E-state index in [2.05, 4.69) is 33.8 Å². The number of carbonyl (C=O) groups excluding carboxylic acids is 1. The van der Waals surface area contributed by atoms with Crippen molar-refractivity contribution in [2.75, 3.05) is 31.6 Å². The number of H-pyrrole nitrogens is 1. The summed E-state index contributed by atoms with van der Waals surface area (Å²) in [5, 5.41) is 11.0. The van der Waals surface area contributed by atoms with Crippen molar-refractivity contribution in [3.8, 4) is 0 Å². The second-order valence-electron chi connectivity index (χ2n) is 8.11. The largest absolute Gasteiger partial charge is 0.386 e. The van der Waals surface area contributed by atoms with Gasteiger partial charge < -0.3 is 19.9 Å². The third-order valence-electron chi connectivity index (χ3n) is 5.34. The van der Waals surface area contributed by atoms with Crippen LogP contribution in [0.25, 0.3) is 11.0 Å². The molecule has 1 atom stereocenters.